The number of rotatable bonds is 5. The van der Waals surface area contributed by atoms with Crippen LogP contribution in [0.5, 0.6) is 11.5 Å². The van der Waals surface area contributed by atoms with Crippen LogP contribution in [0.4, 0.5) is 51.2 Å². The van der Waals surface area contributed by atoms with E-state index in [-0.39, 0.29) is 13.4 Å². The average Bonchev–Trinajstić information content (AvgIpc) is 3.40. The Balaban J connectivity index is 1.09. The van der Waals surface area contributed by atoms with Crippen molar-refractivity contribution < 1.29 is 4.74 Å². The molecule has 4 heterocycles. The van der Waals surface area contributed by atoms with E-state index >= 15 is 0 Å². The summed E-state index contributed by atoms with van der Waals surface area (Å²) in [4.78, 5) is 7.60. The molecule has 10 aromatic carbocycles. The highest BCUT2D eigenvalue weighted by molar-refractivity contribution is 7.02. The monoisotopic (exact) mass is 994 g/mol. The van der Waals surface area contributed by atoms with Crippen LogP contribution >= 0.6 is 0 Å². The second kappa shape index (κ2) is 17.3. The molecular formula is C71H61B2N3O. The van der Waals surface area contributed by atoms with Gasteiger partial charge in [-0.15, -0.1) is 0 Å². The molecule has 4 nitrogen and oxygen atoms in total. The maximum Gasteiger partial charge on any atom is 0.256 e. The Morgan fingerprint density at radius 1 is 0.286 bits per heavy atom. The van der Waals surface area contributed by atoms with E-state index in [2.05, 4.69) is 261 Å². The lowest BCUT2D eigenvalue weighted by molar-refractivity contribution is 0.488. The molecule has 4 aliphatic rings. The number of fused-ring (bicyclic) bond motifs is 8. The molecule has 0 unspecified atom stereocenters. The van der Waals surface area contributed by atoms with Gasteiger partial charge in [-0.25, -0.2) is 0 Å². The molecular weight excluding hydrogens is 932 g/mol. The molecule has 0 atom stereocenters. The van der Waals surface area contributed by atoms with Gasteiger partial charge in [-0.1, -0.05) is 130 Å². The van der Waals surface area contributed by atoms with Crippen molar-refractivity contribution in [3.63, 3.8) is 0 Å². The highest BCUT2D eigenvalue weighted by Crippen LogP contribution is 2.50. The van der Waals surface area contributed by atoms with Crippen molar-refractivity contribution in [2.45, 2.75) is 76.2 Å². The lowest BCUT2D eigenvalue weighted by Gasteiger charge is -2.46. The van der Waals surface area contributed by atoms with Crippen LogP contribution in [-0.2, 0) is 0 Å². The normalized spacial score (nSPS) is 13.4. The first-order valence-electron chi connectivity index (χ1n) is 27.4. The van der Waals surface area contributed by atoms with Crippen LogP contribution in [0.1, 0.15) is 61.2 Å². The highest BCUT2D eigenvalue weighted by atomic mass is 16.5. The van der Waals surface area contributed by atoms with Gasteiger partial charge in [-0.05, 0) is 226 Å². The maximum absolute atomic E-state index is 7.66. The van der Waals surface area contributed by atoms with Crippen LogP contribution in [0.15, 0.2) is 170 Å². The first-order valence-corrected chi connectivity index (χ1v) is 27.4. The zero-order valence-electron chi connectivity index (χ0n) is 46.1. The van der Waals surface area contributed by atoms with Crippen molar-refractivity contribution in [2.24, 2.45) is 0 Å². The predicted octanol–water partition coefficient (Wildman–Crippen LogP) is 14.9. The fraction of sp³-hybridized carbons (Fsp3) is 0.155. The number of hydrogen-bond donors (Lipinski definition) is 0. The number of aryl methyl sites for hydroxylation is 11. The second-order valence-electron chi connectivity index (χ2n) is 22.9. The number of ether oxygens (including phenoxy) is 1. The van der Waals surface area contributed by atoms with E-state index in [1.165, 1.54) is 133 Å². The molecule has 0 N–H and O–H groups in total. The third-order valence-electron chi connectivity index (χ3n) is 17.2. The third kappa shape index (κ3) is 7.21. The van der Waals surface area contributed by atoms with Crippen molar-refractivity contribution in [1.82, 2.24) is 0 Å². The zero-order valence-corrected chi connectivity index (χ0v) is 46.1. The molecule has 14 rings (SSSR count). The van der Waals surface area contributed by atoms with Crippen LogP contribution < -0.4 is 52.2 Å². The van der Waals surface area contributed by atoms with Gasteiger partial charge >= 0.3 is 0 Å². The molecule has 0 radical (unpaired) electrons. The second-order valence-corrected chi connectivity index (χ2v) is 22.9. The van der Waals surface area contributed by atoms with Crippen molar-refractivity contribution in [1.29, 1.82) is 0 Å². The summed E-state index contributed by atoms with van der Waals surface area (Å²) in [6.45, 7) is 24.3. The molecule has 0 amide bonds. The minimum absolute atomic E-state index is 0.0902. The molecule has 0 fully saturated rings. The summed E-state index contributed by atoms with van der Waals surface area (Å²) in [6, 6.07) is 65.3. The highest BCUT2D eigenvalue weighted by Gasteiger charge is 2.48. The van der Waals surface area contributed by atoms with E-state index in [1.807, 2.05) is 0 Å². The summed E-state index contributed by atoms with van der Waals surface area (Å²) in [5.41, 5.74) is 36.8. The van der Waals surface area contributed by atoms with E-state index in [0.717, 1.165) is 45.5 Å². The lowest BCUT2D eigenvalue weighted by atomic mass is 9.30. The van der Waals surface area contributed by atoms with Crippen LogP contribution in [0.25, 0.3) is 22.3 Å². The SMILES string of the molecule is Cc1ccc(N2c3cccc(C)c3B3c4cc5c(cc4Oc4cc(-c6c(C)cc(C)cc6C)cc2c43)N(c2ccc(C)cc2)c2cc(-c3c(C)cc(C)cc3C)cc3c2B5c2cc(C)ccc2N3c2ccc(C)cc2)cc1. The van der Waals surface area contributed by atoms with Gasteiger partial charge in [0.2, 0.25) is 0 Å². The Kier molecular flexibility index (Phi) is 10.5. The Morgan fingerprint density at radius 2 is 0.740 bits per heavy atom. The van der Waals surface area contributed by atoms with E-state index in [1.54, 1.807) is 0 Å². The summed E-state index contributed by atoms with van der Waals surface area (Å²) in [7, 11) is 0. The van der Waals surface area contributed by atoms with Crippen LogP contribution in [0.3, 0.4) is 0 Å². The first-order chi connectivity index (χ1) is 37.2. The Labute approximate surface area is 455 Å². The summed E-state index contributed by atoms with van der Waals surface area (Å²) in [5, 5.41) is 0. The standard InChI is InChI=1S/C71H61B2N3O/c1-40-15-22-53(23-16-40)74-59-28-21-43(4)33-56(59)72-57-38-58-65(39-61(57)76(55-26-19-42(3)20-27-55)63-35-51(34-62(74)70(63)72)67-47(8)29-44(5)30-48(67)9)77-66-37-52(68-49(10)31-45(6)32-50(68)11)36-64-71(66)73(58)69-46(7)13-12-14-60(69)75(64)54-24-17-41(2)18-25-54/h12-39H,1-11H3. The number of anilines is 9. The average molecular weight is 994 g/mol. The molecule has 0 aromatic heterocycles. The fourth-order valence-corrected chi connectivity index (χ4v) is 14.1. The van der Waals surface area contributed by atoms with Crippen molar-refractivity contribution in [3.8, 4) is 33.8 Å². The fourth-order valence-electron chi connectivity index (χ4n) is 14.1. The molecule has 77 heavy (non-hydrogen) atoms. The van der Waals surface area contributed by atoms with E-state index in [0.29, 0.717) is 0 Å². The topological polar surface area (TPSA) is 19.0 Å². The third-order valence-corrected chi connectivity index (χ3v) is 17.2. The molecule has 10 aromatic rings. The van der Waals surface area contributed by atoms with Crippen LogP contribution in [0, 0.1) is 76.2 Å². The summed E-state index contributed by atoms with van der Waals surface area (Å²) < 4.78 is 7.66. The minimum Gasteiger partial charge on any atom is -0.458 e. The molecule has 0 saturated carbocycles. The Hall–Kier alpha value is -8.47. The van der Waals surface area contributed by atoms with Crippen molar-refractivity contribution in [3.05, 3.63) is 231 Å². The molecule has 372 valence electrons. The van der Waals surface area contributed by atoms with Gasteiger partial charge in [-0.2, -0.15) is 0 Å². The minimum atomic E-state index is -0.102. The molecule has 6 heteroatoms. The Morgan fingerprint density at radius 3 is 1.27 bits per heavy atom. The quantitative estimate of drug-likeness (QED) is 0.160. The van der Waals surface area contributed by atoms with Gasteiger partial charge in [0.1, 0.15) is 11.5 Å². The number of benzene rings is 10. The van der Waals surface area contributed by atoms with Crippen LogP contribution in [-0.4, -0.2) is 13.4 Å². The summed E-state index contributed by atoms with van der Waals surface area (Å²) >= 11 is 0. The molecule has 0 bridgehead atoms. The predicted molar refractivity (Wildman–Crippen MR) is 329 cm³/mol. The van der Waals surface area contributed by atoms with Gasteiger partial charge in [0.05, 0.1) is 0 Å². The summed E-state index contributed by atoms with van der Waals surface area (Å²) in [6.07, 6.45) is 0. The van der Waals surface area contributed by atoms with E-state index < -0.39 is 0 Å². The molecule has 0 spiro atoms. The van der Waals surface area contributed by atoms with Gasteiger partial charge < -0.3 is 19.4 Å². The van der Waals surface area contributed by atoms with Gasteiger partial charge in [-0.3, -0.25) is 0 Å². The van der Waals surface area contributed by atoms with Crippen molar-refractivity contribution >= 4 is 97.4 Å². The van der Waals surface area contributed by atoms with Gasteiger partial charge in [0.25, 0.3) is 13.4 Å². The maximum atomic E-state index is 7.66. The first kappa shape index (κ1) is 47.0. The smallest absolute Gasteiger partial charge is 0.256 e. The summed E-state index contributed by atoms with van der Waals surface area (Å²) in [5.74, 6) is 1.80. The Bertz CT molecular complexity index is 4110. The van der Waals surface area contributed by atoms with Gasteiger partial charge in [0, 0.05) is 57.3 Å². The van der Waals surface area contributed by atoms with Crippen molar-refractivity contribution in [2.75, 3.05) is 14.7 Å². The zero-order chi connectivity index (χ0) is 52.9. The number of hydrogen-bond acceptors (Lipinski definition) is 4. The number of nitrogens with zero attached hydrogens (tertiary/aromatic N) is 3. The molecule has 0 aliphatic carbocycles. The van der Waals surface area contributed by atoms with E-state index in [9.17, 15) is 0 Å². The van der Waals surface area contributed by atoms with E-state index in [4.69, 9.17) is 4.74 Å². The van der Waals surface area contributed by atoms with Gasteiger partial charge in [0.15, 0.2) is 0 Å². The largest absolute Gasteiger partial charge is 0.458 e. The molecule has 4 aliphatic heterocycles. The lowest BCUT2D eigenvalue weighted by Crippen LogP contribution is -2.64. The molecule has 0 saturated heterocycles. The van der Waals surface area contributed by atoms with Crippen LogP contribution in [0.2, 0.25) is 0 Å².